The van der Waals surface area contributed by atoms with Crippen LogP contribution >= 0.6 is 23.2 Å². The molecule has 0 aliphatic carbocycles. The zero-order valence-corrected chi connectivity index (χ0v) is 11.5. The molecule has 0 saturated carbocycles. The van der Waals surface area contributed by atoms with Gasteiger partial charge in [-0.15, -0.1) is 0 Å². The van der Waals surface area contributed by atoms with E-state index in [-0.39, 0.29) is 6.29 Å². The average Bonchev–Trinajstić information content (AvgIpc) is 2.30. The molecule has 1 aromatic carbocycles. The first-order chi connectivity index (χ1) is 8.17. The van der Waals surface area contributed by atoms with E-state index in [1.807, 2.05) is 13.8 Å². The Labute approximate surface area is 112 Å². The molecule has 96 valence electrons. The lowest BCUT2D eigenvalue weighted by molar-refractivity contribution is -0.126. The molecule has 5 heteroatoms. The van der Waals surface area contributed by atoms with Gasteiger partial charge in [0, 0.05) is 18.2 Å². The molecule has 0 bridgehead atoms. The Morgan fingerprint density at radius 1 is 1.18 bits per heavy atom. The number of anilines is 1. The van der Waals surface area contributed by atoms with Gasteiger partial charge in [0.05, 0.1) is 17.3 Å². The van der Waals surface area contributed by atoms with E-state index in [9.17, 15) is 0 Å². The van der Waals surface area contributed by atoms with Crippen molar-refractivity contribution in [1.82, 2.24) is 0 Å². The van der Waals surface area contributed by atoms with E-state index < -0.39 is 0 Å². The fraction of sp³-hybridized carbons (Fsp3) is 0.500. The highest BCUT2D eigenvalue weighted by atomic mass is 35.5. The third-order valence-electron chi connectivity index (χ3n) is 2.09. The molecule has 0 radical (unpaired) electrons. The minimum Gasteiger partial charge on any atom is -0.379 e. The summed E-state index contributed by atoms with van der Waals surface area (Å²) >= 11 is 11.9. The highest BCUT2D eigenvalue weighted by molar-refractivity contribution is 6.35. The minimum absolute atomic E-state index is 0.278. The van der Waals surface area contributed by atoms with Crippen molar-refractivity contribution in [2.45, 2.75) is 20.1 Å². The summed E-state index contributed by atoms with van der Waals surface area (Å²) in [5.74, 6) is 0. The summed E-state index contributed by atoms with van der Waals surface area (Å²) in [5, 5.41) is 4.42. The van der Waals surface area contributed by atoms with Crippen molar-refractivity contribution in [2.75, 3.05) is 25.1 Å². The van der Waals surface area contributed by atoms with Crippen LogP contribution < -0.4 is 5.32 Å². The molecule has 1 aromatic rings. The van der Waals surface area contributed by atoms with Crippen LogP contribution in [0.1, 0.15) is 13.8 Å². The van der Waals surface area contributed by atoms with Crippen molar-refractivity contribution in [3.05, 3.63) is 28.2 Å². The molecular formula is C12H17Cl2NO2. The minimum atomic E-state index is -0.278. The third kappa shape index (κ3) is 5.13. The molecule has 0 atom stereocenters. The van der Waals surface area contributed by atoms with E-state index in [1.165, 1.54) is 0 Å². The zero-order valence-electron chi connectivity index (χ0n) is 10.0. The zero-order chi connectivity index (χ0) is 12.7. The predicted octanol–water partition coefficient (Wildman–Crippen LogP) is 3.80. The Morgan fingerprint density at radius 3 is 2.41 bits per heavy atom. The van der Waals surface area contributed by atoms with Crippen molar-refractivity contribution in [3.63, 3.8) is 0 Å². The smallest absolute Gasteiger partial charge is 0.174 e. The molecular weight excluding hydrogens is 261 g/mol. The van der Waals surface area contributed by atoms with Gasteiger partial charge in [0.15, 0.2) is 6.29 Å². The van der Waals surface area contributed by atoms with Crippen LogP contribution in [0.2, 0.25) is 10.0 Å². The summed E-state index contributed by atoms with van der Waals surface area (Å²) in [7, 11) is 0. The van der Waals surface area contributed by atoms with Crippen LogP contribution in [0.15, 0.2) is 18.2 Å². The van der Waals surface area contributed by atoms with Crippen molar-refractivity contribution >= 4 is 28.9 Å². The maximum Gasteiger partial charge on any atom is 0.174 e. The lowest BCUT2D eigenvalue weighted by Crippen LogP contribution is -2.26. The highest BCUT2D eigenvalue weighted by Crippen LogP contribution is 2.25. The number of hydrogen-bond donors (Lipinski definition) is 1. The van der Waals surface area contributed by atoms with Crippen LogP contribution in [0.4, 0.5) is 5.69 Å². The van der Waals surface area contributed by atoms with Crippen LogP contribution in [0, 0.1) is 0 Å². The monoisotopic (exact) mass is 277 g/mol. The van der Waals surface area contributed by atoms with Gasteiger partial charge in [-0.25, -0.2) is 0 Å². The first-order valence-corrected chi connectivity index (χ1v) is 6.35. The van der Waals surface area contributed by atoms with Crippen LogP contribution in [0.5, 0.6) is 0 Å². The molecule has 1 N–H and O–H groups in total. The second-order valence-electron chi connectivity index (χ2n) is 3.35. The number of rotatable bonds is 7. The normalized spacial score (nSPS) is 10.9. The van der Waals surface area contributed by atoms with Gasteiger partial charge in [0.25, 0.3) is 0 Å². The first kappa shape index (κ1) is 14.6. The van der Waals surface area contributed by atoms with E-state index >= 15 is 0 Å². The van der Waals surface area contributed by atoms with E-state index in [0.717, 1.165) is 5.69 Å². The van der Waals surface area contributed by atoms with Gasteiger partial charge in [0.2, 0.25) is 0 Å². The predicted molar refractivity (Wildman–Crippen MR) is 72.0 cm³/mol. The Bertz CT molecular complexity index is 341. The molecule has 0 aromatic heterocycles. The summed E-state index contributed by atoms with van der Waals surface area (Å²) in [4.78, 5) is 0. The SMILES string of the molecule is CCOC(CNc1cc(Cl)ccc1Cl)OCC. The molecule has 0 saturated heterocycles. The van der Waals surface area contributed by atoms with E-state index in [4.69, 9.17) is 32.7 Å². The highest BCUT2D eigenvalue weighted by Gasteiger charge is 2.08. The molecule has 1 rings (SSSR count). The summed E-state index contributed by atoms with van der Waals surface area (Å²) in [6.45, 7) is 5.60. The van der Waals surface area contributed by atoms with Crippen molar-refractivity contribution in [3.8, 4) is 0 Å². The van der Waals surface area contributed by atoms with Crippen LogP contribution in [-0.4, -0.2) is 26.0 Å². The standard InChI is InChI=1S/C12H17Cl2NO2/c1-3-16-12(17-4-2)8-15-11-7-9(13)5-6-10(11)14/h5-7,12,15H,3-4,8H2,1-2H3. The van der Waals surface area contributed by atoms with Gasteiger partial charge >= 0.3 is 0 Å². The first-order valence-electron chi connectivity index (χ1n) is 5.59. The van der Waals surface area contributed by atoms with Gasteiger partial charge in [-0.05, 0) is 32.0 Å². The number of halogens is 2. The van der Waals surface area contributed by atoms with E-state index in [2.05, 4.69) is 5.32 Å². The molecule has 0 amide bonds. The average molecular weight is 278 g/mol. The number of hydrogen-bond acceptors (Lipinski definition) is 3. The Balaban J connectivity index is 2.55. The lowest BCUT2D eigenvalue weighted by atomic mass is 10.3. The Morgan fingerprint density at radius 2 is 1.82 bits per heavy atom. The van der Waals surface area contributed by atoms with Gasteiger partial charge in [-0.3, -0.25) is 0 Å². The fourth-order valence-corrected chi connectivity index (χ4v) is 1.72. The summed E-state index contributed by atoms with van der Waals surface area (Å²) in [5.41, 5.74) is 0.781. The van der Waals surface area contributed by atoms with Gasteiger partial charge < -0.3 is 14.8 Å². The third-order valence-corrected chi connectivity index (χ3v) is 2.66. The number of nitrogens with one attached hydrogen (secondary N) is 1. The van der Waals surface area contributed by atoms with Gasteiger partial charge in [-0.2, -0.15) is 0 Å². The molecule has 17 heavy (non-hydrogen) atoms. The van der Waals surface area contributed by atoms with E-state index in [0.29, 0.717) is 29.8 Å². The van der Waals surface area contributed by atoms with Crippen LogP contribution in [0.3, 0.4) is 0 Å². The van der Waals surface area contributed by atoms with E-state index in [1.54, 1.807) is 18.2 Å². The second-order valence-corrected chi connectivity index (χ2v) is 4.19. The molecule has 0 spiro atoms. The lowest BCUT2D eigenvalue weighted by Gasteiger charge is -2.18. The molecule has 3 nitrogen and oxygen atoms in total. The van der Waals surface area contributed by atoms with Crippen LogP contribution in [-0.2, 0) is 9.47 Å². The molecule has 0 fully saturated rings. The largest absolute Gasteiger partial charge is 0.379 e. The topological polar surface area (TPSA) is 30.5 Å². The molecule has 0 aliphatic rings. The summed E-state index contributed by atoms with van der Waals surface area (Å²) in [6.07, 6.45) is -0.278. The second kappa shape index (κ2) is 7.77. The Hall–Kier alpha value is -0.480. The van der Waals surface area contributed by atoms with Crippen molar-refractivity contribution in [1.29, 1.82) is 0 Å². The number of ether oxygens (including phenoxy) is 2. The molecule has 0 unspecified atom stereocenters. The quantitative estimate of drug-likeness (QED) is 0.769. The van der Waals surface area contributed by atoms with Crippen molar-refractivity contribution < 1.29 is 9.47 Å². The molecule has 0 aliphatic heterocycles. The van der Waals surface area contributed by atoms with Crippen LogP contribution in [0.25, 0.3) is 0 Å². The van der Waals surface area contributed by atoms with Gasteiger partial charge in [-0.1, -0.05) is 23.2 Å². The van der Waals surface area contributed by atoms with Crippen molar-refractivity contribution in [2.24, 2.45) is 0 Å². The summed E-state index contributed by atoms with van der Waals surface area (Å²) in [6, 6.07) is 5.28. The Kier molecular flexibility index (Phi) is 6.66. The number of benzene rings is 1. The summed E-state index contributed by atoms with van der Waals surface area (Å²) < 4.78 is 10.8. The maximum atomic E-state index is 6.03. The molecule has 0 heterocycles. The fourth-order valence-electron chi connectivity index (χ4n) is 1.36. The van der Waals surface area contributed by atoms with Gasteiger partial charge in [0.1, 0.15) is 0 Å². The maximum absolute atomic E-state index is 6.03.